The molecule has 2 aromatic rings. The molecule has 0 saturated carbocycles. The maximum Gasteiger partial charge on any atom is 0.0786 e. The monoisotopic (exact) mass is 262 g/mol. The summed E-state index contributed by atoms with van der Waals surface area (Å²) in [7, 11) is 0. The molecule has 0 aliphatic heterocycles. The second kappa shape index (κ2) is 5.36. The summed E-state index contributed by atoms with van der Waals surface area (Å²) >= 11 is 11.1. The van der Waals surface area contributed by atoms with Crippen LogP contribution in [0.5, 0.6) is 0 Å². The van der Waals surface area contributed by atoms with Crippen molar-refractivity contribution in [1.29, 1.82) is 0 Å². The maximum absolute atomic E-state index is 6.13. The molecule has 2 nitrogen and oxygen atoms in total. The SMILES string of the molecule is NCc1c(Cl)cccc1-c1ncccc1C=S. The summed E-state index contributed by atoms with van der Waals surface area (Å²) in [6.07, 6.45) is 1.73. The van der Waals surface area contributed by atoms with E-state index in [1.807, 2.05) is 30.3 Å². The highest BCUT2D eigenvalue weighted by Gasteiger charge is 2.11. The van der Waals surface area contributed by atoms with E-state index in [2.05, 4.69) is 4.98 Å². The number of thiocarbonyl (C=S) groups is 1. The van der Waals surface area contributed by atoms with Crippen LogP contribution in [0.4, 0.5) is 0 Å². The predicted molar refractivity (Wildman–Crippen MR) is 75.3 cm³/mol. The predicted octanol–water partition coefficient (Wildman–Crippen LogP) is 3.21. The van der Waals surface area contributed by atoms with Gasteiger partial charge >= 0.3 is 0 Å². The lowest BCUT2D eigenvalue weighted by Gasteiger charge is -2.10. The molecule has 1 heterocycles. The van der Waals surface area contributed by atoms with Gasteiger partial charge in [-0.25, -0.2) is 0 Å². The van der Waals surface area contributed by atoms with Crippen molar-refractivity contribution in [2.45, 2.75) is 6.54 Å². The average molecular weight is 263 g/mol. The van der Waals surface area contributed by atoms with Crippen LogP contribution >= 0.6 is 23.8 Å². The highest BCUT2D eigenvalue weighted by Crippen LogP contribution is 2.29. The number of aromatic nitrogens is 1. The number of hydrogen-bond donors (Lipinski definition) is 1. The summed E-state index contributed by atoms with van der Waals surface area (Å²) in [6, 6.07) is 9.45. The molecular weight excluding hydrogens is 252 g/mol. The molecule has 4 heteroatoms. The van der Waals surface area contributed by atoms with Gasteiger partial charge in [-0.3, -0.25) is 4.98 Å². The van der Waals surface area contributed by atoms with E-state index in [0.717, 1.165) is 22.4 Å². The molecule has 0 radical (unpaired) electrons. The van der Waals surface area contributed by atoms with Gasteiger partial charge in [0.15, 0.2) is 0 Å². The number of pyridine rings is 1. The Morgan fingerprint density at radius 2 is 2.12 bits per heavy atom. The Bertz CT molecular complexity index is 555. The molecular formula is C13H11ClN2S. The number of benzene rings is 1. The van der Waals surface area contributed by atoms with Crippen molar-refractivity contribution < 1.29 is 0 Å². The van der Waals surface area contributed by atoms with E-state index in [4.69, 9.17) is 29.6 Å². The second-order valence-corrected chi connectivity index (χ2v) is 4.17. The van der Waals surface area contributed by atoms with E-state index in [9.17, 15) is 0 Å². The summed E-state index contributed by atoms with van der Waals surface area (Å²) in [5.74, 6) is 0. The van der Waals surface area contributed by atoms with Crippen LogP contribution in [0.3, 0.4) is 0 Å². The maximum atomic E-state index is 6.13. The molecule has 1 aromatic carbocycles. The first-order chi connectivity index (χ1) is 8.27. The molecule has 0 spiro atoms. The number of hydrogen-bond acceptors (Lipinski definition) is 3. The Hall–Kier alpha value is -1.29. The first kappa shape index (κ1) is 12.2. The Balaban J connectivity index is 2.68. The van der Waals surface area contributed by atoms with Gasteiger partial charge in [-0.1, -0.05) is 42.0 Å². The van der Waals surface area contributed by atoms with Gasteiger partial charge in [0.1, 0.15) is 0 Å². The number of nitrogens with two attached hydrogens (primary N) is 1. The molecule has 0 bridgehead atoms. The van der Waals surface area contributed by atoms with Crippen molar-refractivity contribution >= 4 is 29.2 Å². The Labute approximate surface area is 110 Å². The molecule has 0 atom stereocenters. The highest BCUT2D eigenvalue weighted by atomic mass is 35.5. The fourth-order valence-electron chi connectivity index (χ4n) is 1.73. The minimum absolute atomic E-state index is 0.377. The summed E-state index contributed by atoms with van der Waals surface area (Å²) in [5, 5.41) is 2.27. The van der Waals surface area contributed by atoms with Crippen molar-refractivity contribution in [1.82, 2.24) is 4.98 Å². The summed E-state index contributed by atoms with van der Waals surface area (Å²) in [4.78, 5) is 4.36. The van der Waals surface area contributed by atoms with Crippen molar-refractivity contribution in [3.8, 4) is 11.3 Å². The van der Waals surface area contributed by atoms with Crippen LogP contribution in [0.2, 0.25) is 5.02 Å². The van der Waals surface area contributed by atoms with Crippen LogP contribution in [0.25, 0.3) is 11.3 Å². The zero-order valence-corrected chi connectivity index (χ0v) is 10.6. The summed E-state index contributed by atoms with van der Waals surface area (Å²) < 4.78 is 0. The smallest absolute Gasteiger partial charge is 0.0786 e. The third-order valence-corrected chi connectivity index (χ3v) is 3.15. The molecule has 0 aliphatic rings. The normalized spacial score (nSPS) is 10.2. The van der Waals surface area contributed by atoms with Gasteiger partial charge in [-0.05, 0) is 17.7 Å². The van der Waals surface area contributed by atoms with E-state index in [1.54, 1.807) is 11.6 Å². The largest absolute Gasteiger partial charge is 0.326 e. The van der Waals surface area contributed by atoms with Gasteiger partial charge in [-0.2, -0.15) is 0 Å². The molecule has 17 heavy (non-hydrogen) atoms. The number of rotatable bonds is 3. The third kappa shape index (κ3) is 2.36. The fraction of sp³-hybridized carbons (Fsp3) is 0.0769. The van der Waals surface area contributed by atoms with Crippen molar-refractivity contribution in [2.24, 2.45) is 5.73 Å². The molecule has 0 unspecified atom stereocenters. The Morgan fingerprint density at radius 1 is 1.29 bits per heavy atom. The van der Waals surface area contributed by atoms with Crippen LogP contribution in [0.15, 0.2) is 36.5 Å². The quantitative estimate of drug-likeness (QED) is 0.864. The van der Waals surface area contributed by atoms with E-state index in [-0.39, 0.29) is 0 Å². The molecule has 2 rings (SSSR count). The first-order valence-corrected chi connectivity index (χ1v) is 6.01. The molecule has 86 valence electrons. The zero-order valence-electron chi connectivity index (χ0n) is 9.06. The topological polar surface area (TPSA) is 38.9 Å². The molecule has 0 amide bonds. The minimum Gasteiger partial charge on any atom is -0.326 e. The van der Waals surface area contributed by atoms with E-state index in [0.29, 0.717) is 11.6 Å². The van der Waals surface area contributed by atoms with Crippen LogP contribution < -0.4 is 5.73 Å². The van der Waals surface area contributed by atoms with Crippen molar-refractivity contribution in [2.75, 3.05) is 0 Å². The van der Waals surface area contributed by atoms with Crippen LogP contribution in [0.1, 0.15) is 11.1 Å². The zero-order chi connectivity index (χ0) is 12.3. The fourth-order valence-corrected chi connectivity index (χ4v) is 2.17. The van der Waals surface area contributed by atoms with Crippen LogP contribution in [-0.2, 0) is 6.54 Å². The van der Waals surface area contributed by atoms with Gasteiger partial charge < -0.3 is 5.73 Å². The van der Waals surface area contributed by atoms with Crippen molar-refractivity contribution in [3.05, 3.63) is 52.7 Å². The van der Waals surface area contributed by atoms with Gasteiger partial charge in [0.25, 0.3) is 0 Å². The van der Waals surface area contributed by atoms with E-state index >= 15 is 0 Å². The lowest BCUT2D eigenvalue weighted by atomic mass is 10.0. The molecule has 2 N–H and O–H groups in total. The second-order valence-electron chi connectivity index (χ2n) is 3.53. The lowest BCUT2D eigenvalue weighted by molar-refractivity contribution is 1.07. The van der Waals surface area contributed by atoms with Crippen LogP contribution in [-0.4, -0.2) is 10.4 Å². The van der Waals surface area contributed by atoms with Gasteiger partial charge in [0, 0.05) is 34.3 Å². The van der Waals surface area contributed by atoms with Gasteiger partial charge in [0.05, 0.1) is 5.69 Å². The Morgan fingerprint density at radius 3 is 2.82 bits per heavy atom. The standard InChI is InChI=1S/C13H11ClN2S/c14-12-5-1-4-10(11(12)7-15)13-9(8-17)3-2-6-16-13/h1-6,8H,7,15H2. The van der Waals surface area contributed by atoms with Crippen LogP contribution in [0, 0.1) is 0 Å². The average Bonchev–Trinajstić information content (AvgIpc) is 2.38. The highest BCUT2D eigenvalue weighted by molar-refractivity contribution is 7.79. The van der Waals surface area contributed by atoms with E-state index in [1.165, 1.54) is 0 Å². The third-order valence-electron chi connectivity index (χ3n) is 2.54. The van der Waals surface area contributed by atoms with Gasteiger partial charge in [0.2, 0.25) is 0 Å². The minimum atomic E-state index is 0.377. The number of nitrogens with zero attached hydrogens (tertiary/aromatic N) is 1. The lowest BCUT2D eigenvalue weighted by Crippen LogP contribution is -2.02. The summed E-state index contributed by atoms with van der Waals surface area (Å²) in [5.41, 5.74) is 9.29. The first-order valence-electron chi connectivity index (χ1n) is 5.16. The molecule has 0 saturated heterocycles. The van der Waals surface area contributed by atoms with E-state index < -0.39 is 0 Å². The molecule has 1 aromatic heterocycles. The van der Waals surface area contributed by atoms with Gasteiger partial charge in [-0.15, -0.1) is 0 Å². The Kier molecular flexibility index (Phi) is 3.84. The summed E-state index contributed by atoms with van der Waals surface area (Å²) in [6.45, 7) is 0.377. The number of halogens is 1. The molecule has 0 aliphatic carbocycles. The molecule has 0 fully saturated rings. The van der Waals surface area contributed by atoms with Crippen molar-refractivity contribution in [3.63, 3.8) is 0 Å².